The van der Waals surface area contributed by atoms with E-state index in [1.165, 1.54) is 25.3 Å². The standard InChI is InChI=1S/C16H24F2N2O3.ClH/c1-10(2)8-16(3,9-19)20-14(21)11-5-6-12(22-4)13(7-11)23-15(17)18;/h5-7,10,15H,8-9,19H2,1-4H3,(H,20,21);1H. The summed E-state index contributed by atoms with van der Waals surface area (Å²) in [5, 5.41) is 2.86. The molecule has 0 aliphatic carbocycles. The summed E-state index contributed by atoms with van der Waals surface area (Å²) in [6, 6.07) is 4.13. The van der Waals surface area contributed by atoms with Crippen LogP contribution >= 0.6 is 12.4 Å². The number of amides is 1. The number of carbonyl (C=O) groups is 1. The molecule has 1 rings (SSSR count). The molecule has 0 saturated carbocycles. The molecule has 1 aromatic rings. The number of nitrogens with one attached hydrogen (secondary N) is 1. The average molecular weight is 367 g/mol. The van der Waals surface area contributed by atoms with E-state index in [1.807, 2.05) is 20.8 Å². The van der Waals surface area contributed by atoms with Crippen molar-refractivity contribution in [3.05, 3.63) is 23.8 Å². The smallest absolute Gasteiger partial charge is 0.387 e. The van der Waals surface area contributed by atoms with Crippen LogP contribution in [0.4, 0.5) is 8.78 Å². The summed E-state index contributed by atoms with van der Waals surface area (Å²) >= 11 is 0. The van der Waals surface area contributed by atoms with E-state index in [0.29, 0.717) is 12.3 Å². The number of benzene rings is 1. The first-order chi connectivity index (χ1) is 10.7. The first-order valence-corrected chi connectivity index (χ1v) is 7.36. The minimum Gasteiger partial charge on any atom is -0.493 e. The van der Waals surface area contributed by atoms with Crippen molar-refractivity contribution in [3.8, 4) is 11.5 Å². The highest BCUT2D eigenvalue weighted by molar-refractivity contribution is 5.95. The molecule has 1 amide bonds. The van der Waals surface area contributed by atoms with Crippen molar-refractivity contribution in [2.75, 3.05) is 13.7 Å². The number of hydrogen-bond donors (Lipinski definition) is 2. The van der Waals surface area contributed by atoms with Crippen LogP contribution in [0.3, 0.4) is 0 Å². The maximum atomic E-state index is 12.4. The van der Waals surface area contributed by atoms with E-state index in [0.717, 1.165) is 0 Å². The Morgan fingerprint density at radius 2 is 1.96 bits per heavy atom. The molecular formula is C16H25ClF2N2O3. The van der Waals surface area contributed by atoms with Gasteiger partial charge in [0.05, 0.1) is 7.11 Å². The lowest BCUT2D eigenvalue weighted by atomic mass is 9.90. The summed E-state index contributed by atoms with van der Waals surface area (Å²) in [6.07, 6.45) is 0.700. The van der Waals surface area contributed by atoms with Crippen molar-refractivity contribution < 1.29 is 23.0 Å². The lowest BCUT2D eigenvalue weighted by Gasteiger charge is -2.31. The highest BCUT2D eigenvalue weighted by atomic mass is 35.5. The lowest BCUT2D eigenvalue weighted by Crippen LogP contribution is -2.52. The normalized spacial score (nSPS) is 13.2. The molecule has 1 aromatic carbocycles. The first-order valence-electron chi connectivity index (χ1n) is 7.36. The topological polar surface area (TPSA) is 73.6 Å². The second-order valence-electron chi connectivity index (χ2n) is 6.06. The molecule has 24 heavy (non-hydrogen) atoms. The molecule has 8 heteroatoms. The Morgan fingerprint density at radius 1 is 1.33 bits per heavy atom. The van der Waals surface area contributed by atoms with Crippen molar-refractivity contribution in [1.82, 2.24) is 5.32 Å². The van der Waals surface area contributed by atoms with Gasteiger partial charge in [-0.15, -0.1) is 12.4 Å². The van der Waals surface area contributed by atoms with Gasteiger partial charge >= 0.3 is 6.61 Å². The largest absolute Gasteiger partial charge is 0.493 e. The Labute approximate surface area is 147 Å². The number of halogens is 3. The Kier molecular flexibility index (Phi) is 8.99. The zero-order chi connectivity index (χ0) is 17.6. The third kappa shape index (κ3) is 6.49. The number of hydrogen-bond acceptors (Lipinski definition) is 4. The maximum absolute atomic E-state index is 12.4. The minimum absolute atomic E-state index is 0. The fourth-order valence-electron chi connectivity index (χ4n) is 2.44. The van der Waals surface area contributed by atoms with E-state index >= 15 is 0 Å². The number of carbonyl (C=O) groups excluding carboxylic acids is 1. The van der Waals surface area contributed by atoms with Crippen LogP contribution in [0.25, 0.3) is 0 Å². The molecule has 0 bridgehead atoms. The minimum atomic E-state index is -3.00. The van der Waals surface area contributed by atoms with Gasteiger partial charge < -0.3 is 20.5 Å². The zero-order valence-electron chi connectivity index (χ0n) is 14.3. The Bertz CT molecular complexity index is 544. The number of rotatable bonds is 8. The van der Waals surface area contributed by atoms with Gasteiger partial charge in [0.15, 0.2) is 11.5 Å². The predicted octanol–water partition coefficient (Wildman–Crippen LogP) is 3.21. The molecule has 0 radical (unpaired) electrons. The van der Waals surface area contributed by atoms with Crippen LogP contribution in [-0.4, -0.2) is 31.7 Å². The fourth-order valence-corrected chi connectivity index (χ4v) is 2.44. The van der Waals surface area contributed by atoms with Crippen molar-refractivity contribution in [1.29, 1.82) is 0 Å². The highest BCUT2D eigenvalue weighted by Crippen LogP contribution is 2.29. The van der Waals surface area contributed by atoms with Crippen molar-refractivity contribution in [2.45, 2.75) is 39.3 Å². The second kappa shape index (κ2) is 9.64. The monoisotopic (exact) mass is 366 g/mol. The maximum Gasteiger partial charge on any atom is 0.387 e. The van der Waals surface area contributed by atoms with Gasteiger partial charge in [-0.3, -0.25) is 4.79 Å². The van der Waals surface area contributed by atoms with Gasteiger partial charge in [-0.1, -0.05) is 13.8 Å². The molecule has 0 aliphatic rings. The van der Waals surface area contributed by atoms with Gasteiger partial charge in [0.2, 0.25) is 0 Å². The molecule has 0 heterocycles. The molecule has 3 N–H and O–H groups in total. The van der Waals surface area contributed by atoms with Gasteiger partial charge in [-0.25, -0.2) is 0 Å². The van der Waals surface area contributed by atoms with Crippen LogP contribution in [0.15, 0.2) is 18.2 Å². The van der Waals surface area contributed by atoms with E-state index < -0.39 is 18.1 Å². The highest BCUT2D eigenvalue weighted by Gasteiger charge is 2.27. The Hall–Kier alpha value is -1.60. The van der Waals surface area contributed by atoms with Crippen LogP contribution in [0, 0.1) is 5.92 Å². The molecule has 0 spiro atoms. The number of ether oxygens (including phenoxy) is 2. The average Bonchev–Trinajstić information content (AvgIpc) is 2.45. The van der Waals surface area contributed by atoms with Gasteiger partial charge in [0.1, 0.15) is 0 Å². The van der Waals surface area contributed by atoms with E-state index in [-0.39, 0.29) is 36.0 Å². The molecule has 1 atom stereocenters. The Balaban J connectivity index is 0.00000529. The van der Waals surface area contributed by atoms with Crippen LogP contribution < -0.4 is 20.5 Å². The summed E-state index contributed by atoms with van der Waals surface area (Å²) in [4.78, 5) is 12.4. The summed E-state index contributed by atoms with van der Waals surface area (Å²) < 4.78 is 34.2. The van der Waals surface area contributed by atoms with Gasteiger partial charge in [0, 0.05) is 17.6 Å². The van der Waals surface area contributed by atoms with E-state index in [4.69, 9.17) is 10.5 Å². The molecular weight excluding hydrogens is 342 g/mol. The molecule has 0 fully saturated rings. The van der Waals surface area contributed by atoms with Crippen LogP contribution in [0.1, 0.15) is 37.6 Å². The third-order valence-electron chi connectivity index (χ3n) is 3.37. The third-order valence-corrected chi connectivity index (χ3v) is 3.37. The first kappa shape index (κ1) is 22.4. The molecule has 1 unspecified atom stereocenters. The molecule has 0 saturated heterocycles. The summed E-state index contributed by atoms with van der Waals surface area (Å²) in [5.41, 5.74) is 5.39. The number of nitrogens with two attached hydrogens (primary N) is 1. The molecule has 138 valence electrons. The van der Waals surface area contributed by atoms with Gasteiger partial charge in [-0.2, -0.15) is 8.78 Å². The Morgan fingerprint density at radius 3 is 2.42 bits per heavy atom. The van der Waals surface area contributed by atoms with Crippen molar-refractivity contribution in [3.63, 3.8) is 0 Å². The molecule has 0 aromatic heterocycles. The van der Waals surface area contributed by atoms with Crippen LogP contribution in [0.2, 0.25) is 0 Å². The van der Waals surface area contributed by atoms with Crippen molar-refractivity contribution >= 4 is 18.3 Å². The van der Waals surface area contributed by atoms with Gasteiger partial charge in [-0.05, 0) is 37.5 Å². The second-order valence-corrected chi connectivity index (χ2v) is 6.06. The van der Waals surface area contributed by atoms with Crippen molar-refractivity contribution in [2.24, 2.45) is 11.7 Å². The lowest BCUT2D eigenvalue weighted by molar-refractivity contribution is -0.0512. The van der Waals surface area contributed by atoms with Crippen LogP contribution in [-0.2, 0) is 0 Å². The van der Waals surface area contributed by atoms with E-state index in [1.54, 1.807) is 0 Å². The molecule has 0 aliphatic heterocycles. The van der Waals surface area contributed by atoms with E-state index in [9.17, 15) is 13.6 Å². The quantitative estimate of drug-likeness (QED) is 0.741. The number of methoxy groups -OCH3 is 1. The fraction of sp³-hybridized carbons (Fsp3) is 0.562. The SMILES string of the molecule is COc1ccc(C(=O)NC(C)(CN)CC(C)C)cc1OC(F)F.Cl. The van der Waals surface area contributed by atoms with Gasteiger partial charge in [0.25, 0.3) is 5.91 Å². The van der Waals surface area contributed by atoms with E-state index in [2.05, 4.69) is 10.1 Å². The number of alkyl halides is 2. The predicted molar refractivity (Wildman–Crippen MR) is 91.3 cm³/mol. The summed E-state index contributed by atoms with van der Waals surface area (Å²) in [6.45, 7) is 3.18. The summed E-state index contributed by atoms with van der Waals surface area (Å²) in [5.74, 6) is -0.114. The zero-order valence-corrected chi connectivity index (χ0v) is 15.1. The molecule has 5 nitrogen and oxygen atoms in total. The summed E-state index contributed by atoms with van der Waals surface area (Å²) in [7, 11) is 1.33. The van der Waals surface area contributed by atoms with Crippen LogP contribution in [0.5, 0.6) is 11.5 Å².